The number of anilines is 5. The van der Waals surface area contributed by atoms with E-state index in [4.69, 9.17) is 5.73 Å². The molecule has 4 aromatic carbocycles. The van der Waals surface area contributed by atoms with E-state index in [0.717, 1.165) is 11.1 Å². The third-order valence-corrected chi connectivity index (χ3v) is 7.79. The molecule has 0 heterocycles. The van der Waals surface area contributed by atoms with Crippen LogP contribution in [0.3, 0.4) is 0 Å². The molecule has 0 amide bonds. The lowest BCUT2D eigenvalue weighted by molar-refractivity contribution is 0.0981. The van der Waals surface area contributed by atoms with Gasteiger partial charge in [0, 0.05) is 21.0 Å². The summed E-state index contributed by atoms with van der Waals surface area (Å²) in [6, 6.07) is 17.2. The Kier molecular flexibility index (Phi) is 6.91. The first-order valence-corrected chi connectivity index (χ1v) is 13.8. The first-order chi connectivity index (χ1) is 18.6. The van der Waals surface area contributed by atoms with Crippen LogP contribution in [0.1, 0.15) is 43.0 Å². The maximum Gasteiger partial charge on any atom is 0.198 e. The van der Waals surface area contributed by atoms with Gasteiger partial charge in [0.25, 0.3) is 0 Å². The second-order valence-corrected chi connectivity index (χ2v) is 10.9. The summed E-state index contributed by atoms with van der Waals surface area (Å²) in [5.41, 5.74) is 8.64. The van der Waals surface area contributed by atoms with Gasteiger partial charge in [-0.3, -0.25) is 18.0 Å². The number of hydrogen-bond acceptors (Lipinski definition) is 9. The Hall–Kier alpha value is -4.16. The van der Waals surface area contributed by atoms with E-state index < -0.39 is 33.7 Å². The van der Waals surface area contributed by atoms with Crippen LogP contribution in [0.5, 0.6) is 0 Å². The van der Waals surface area contributed by atoms with Gasteiger partial charge in [-0.05, 0) is 89.6 Å². The monoisotopic (exact) mass is 559 g/mol. The fourth-order valence-electron chi connectivity index (χ4n) is 4.59. The molecule has 1 aliphatic rings. The minimum absolute atomic E-state index is 0.00298. The third-order valence-electron chi connectivity index (χ3n) is 6.40. The quantitative estimate of drug-likeness (QED) is 0.199. The zero-order valence-corrected chi connectivity index (χ0v) is 22.3. The van der Waals surface area contributed by atoms with Gasteiger partial charge in [0.2, 0.25) is 0 Å². The van der Waals surface area contributed by atoms with Crippen LogP contribution in [0.2, 0.25) is 0 Å². The molecule has 0 aromatic heterocycles. The van der Waals surface area contributed by atoms with Crippen molar-refractivity contribution in [1.82, 2.24) is 0 Å². The van der Waals surface area contributed by atoms with Gasteiger partial charge in [-0.25, -0.2) is 0 Å². The van der Waals surface area contributed by atoms with Crippen LogP contribution in [-0.4, -0.2) is 29.1 Å². The van der Waals surface area contributed by atoms with E-state index in [-0.39, 0.29) is 60.5 Å². The smallest absolute Gasteiger partial charge is 0.198 e. The number of rotatable bonds is 6. The van der Waals surface area contributed by atoms with Crippen molar-refractivity contribution in [3.8, 4) is 0 Å². The van der Waals surface area contributed by atoms with Crippen LogP contribution in [0.25, 0.3) is 0 Å². The van der Waals surface area contributed by atoms with Crippen molar-refractivity contribution in [3.63, 3.8) is 0 Å². The van der Waals surface area contributed by atoms with Gasteiger partial charge < -0.3 is 25.5 Å². The lowest BCUT2D eigenvalue weighted by atomic mass is 9.81. The zero-order chi connectivity index (χ0) is 28.0. The molecule has 11 heteroatoms. The molecule has 2 unspecified atom stereocenters. The lowest BCUT2D eigenvalue weighted by Gasteiger charge is -2.26. The van der Waals surface area contributed by atoms with E-state index >= 15 is 0 Å². The van der Waals surface area contributed by atoms with E-state index in [1.54, 1.807) is 44.2 Å². The van der Waals surface area contributed by atoms with Crippen LogP contribution in [0.15, 0.2) is 76.5 Å². The minimum Gasteiger partial charge on any atom is -0.768 e. The number of carbonyl (C=O) groups excluding carboxylic acids is 2. The average Bonchev–Trinajstić information content (AvgIpc) is 2.89. The number of benzene rings is 4. The van der Waals surface area contributed by atoms with Gasteiger partial charge in [0.05, 0.1) is 39.4 Å². The molecule has 0 aliphatic heterocycles. The first-order valence-electron chi connectivity index (χ1n) is 11.7. The number of nitrogen functional groups attached to an aromatic ring is 1. The lowest BCUT2D eigenvalue weighted by Crippen LogP contribution is -2.25. The molecule has 0 fully saturated rings. The second kappa shape index (κ2) is 10.2. The average molecular weight is 560 g/mol. The van der Waals surface area contributed by atoms with E-state index in [9.17, 15) is 27.1 Å². The molecule has 0 spiro atoms. The van der Waals surface area contributed by atoms with E-state index in [1.807, 2.05) is 0 Å². The van der Waals surface area contributed by atoms with Crippen molar-refractivity contribution in [2.24, 2.45) is 0 Å². The predicted molar refractivity (Wildman–Crippen MR) is 147 cm³/mol. The Morgan fingerprint density at radius 2 is 1.10 bits per heavy atom. The number of nitrogens with one attached hydrogen (secondary N) is 2. The van der Waals surface area contributed by atoms with E-state index in [2.05, 4.69) is 10.6 Å². The van der Waals surface area contributed by atoms with Gasteiger partial charge >= 0.3 is 0 Å². The fourth-order valence-corrected chi connectivity index (χ4v) is 5.75. The number of carbonyl (C=O) groups is 2. The summed E-state index contributed by atoms with van der Waals surface area (Å²) in [4.78, 5) is 27.7. The number of aryl methyl sites for hydroxylation is 2. The second-order valence-electron chi connectivity index (χ2n) is 9.06. The minimum atomic E-state index is -2.58. The third kappa shape index (κ3) is 4.77. The highest BCUT2D eigenvalue weighted by molar-refractivity contribution is 7.79. The molecule has 39 heavy (non-hydrogen) atoms. The van der Waals surface area contributed by atoms with Gasteiger partial charge in [-0.1, -0.05) is 24.3 Å². The highest BCUT2D eigenvalue weighted by Crippen LogP contribution is 2.41. The molecular weight excluding hydrogens is 538 g/mol. The summed E-state index contributed by atoms with van der Waals surface area (Å²) in [6.07, 6.45) is 0. The highest BCUT2D eigenvalue weighted by Gasteiger charge is 2.35. The topological polar surface area (TPSA) is 164 Å². The SMILES string of the molecule is Cc1ccc(Nc2ccc(Nc3ccc(C)cc3S(=O)[O-])c3c2C(=O)c2cccc(N)c2C3=O)c(S(=O)[O-])c1. The normalized spacial score (nSPS) is 13.8. The summed E-state index contributed by atoms with van der Waals surface area (Å²) < 4.78 is 47.6. The Bertz CT molecular complexity index is 1750. The number of nitrogens with two attached hydrogens (primary N) is 1. The molecule has 0 saturated carbocycles. The first kappa shape index (κ1) is 26.4. The number of hydrogen-bond donors (Lipinski definition) is 3. The van der Waals surface area contributed by atoms with Crippen molar-refractivity contribution in [1.29, 1.82) is 0 Å². The van der Waals surface area contributed by atoms with Crippen LogP contribution in [-0.2, 0) is 22.2 Å². The summed E-state index contributed by atoms with van der Waals surface area (Å²) in [7, 11) is 0. The van der Waals surface area contributed by atoms with Crippen molar-refractivity contribution in [2.75, 3.05) is 16.4 Å². The van der Waals surface area contributed by atoms with Crippen molar-refractivity contribution in [2.45, 2.75) is 23.6 Å². The Morgan fingerprint density at radius 1 is 0.641 bits per heavy atom. The Balaban J connectivity index is 1.72. The van der Waals surface area contributed by atoms with Crippen LogP contribution in [0, 0.1) is 13.8 Å². The van der Waals surface area contributed by atoms with E-state index in [0.29, 0.717) is 0 Å². The number of fused-ring (bicyclic) bond motifs is 2. The summed E-state index contributed by atoms with van der Waals surface area (Å²) >= 11 is -5.15. The van der Waals surface area contributed by atoms with Crippen LogP contribution < -0.4 is 16.4 Å². The van der Waals surface area contributed by atoms with E-state index in [1.165, 1.54) is 36.4 Å². The van der Waals surface area contributed by atoms with Crippen molar-refractivity contribution < 1.29 is 27.1 Å². The molecule has 9 nitrogen and oxygen atoms in total. The summed E-state index contributed by atoms with van der Waals surface area (Å²) in [6.45, 7) is 3.50. The van der Waals surface area contributed by atoms with Crippen molar-refractivity contribution >= 4 is 62.2 Å². The molecule has 0 radical (unpaired) electrons. The Morgan fingerprint density at radius 3 is 1.59 bits per heavy atom. The van der Waals surface area contributed by atoms with Gasteiger partial charge in [0.15, 0.2) is 11.6 Å². The molecule has 1 aliphatic carbocycles. The largest absolute Gasteiger partial charge is 0.768 e. The van der Waals surface area contributed by atoms with Crippen molar-refractivity contribution in [3.05, 3.63) is 100 Å². The maximum absolute atomic E-state index is 13.9. The maximum atomic E-state index is 13.9. The van der Waals surface area contributed by atoms with Crippen LogP contribution in [0.4, 0.5) is 28.4 Å². The molecule has 4 N–H and O–H groups in total. The molecule has 4 aromatic rings. The van der Waals surface area contributed by atoms with Gasteiger partial charge in [-0.2, -0.15) is 0 Å². The molecular formula is C28H21N3O6S2-2. The predicted octanol–water partition coefficient (Wildman–Crippen LogP) is 4.62. The standard InChI is InChI=1S/C28H23N3O6S2/c1-14-6-8-18(22(12-14)38(34)35)30-20-10-11-21(31-19-9-7-15(2)13-23(19)39(36)37)26-25(20)27(32)16-4-3-5-17(29)24(16)28(26)33/h3-13,30-31H,29H2,1-2H3,(H,34,35)(H,36,37)/p-2. The Labute approximate surface area is 229 Å². The molecule has 0 bridgehead atoms. The zero-order valence-electron chi connectivity index (χ0n) is 20.7. The number of ketones is 2. The molecule has 5 rings (SSSR count). The molecule has 198 valence electrons. The highest BCUT2D eigenvalue weighted by atomic mass is 32.2. The van der Waals surface area contributed by atoms with Crippen LogP contribution >= 0.6 is 0 Å². The summed E-state index contributed by atoms with van der Waals surface area (Å²) in [5, 5.41) is 6.02. The van der Waals surface area contributed by atoms with Gasteiger partial charge in [-0.15, -0.1) is 0 Å². The molecule has 2 atom stereocenters. The fraction of sp³-hybridized carbons (Fsp3) is 0.0714. The molecule has 0 saturated heterocycles. The summed E-state index contributed by atoms with van der Waals surface area (Å²) in [5.74, 6) is -1.02. The van der Waals surface area contributed by atoms with Gasteiger partial charge in [0.1, 0.15) is 0 Å².